The number of hydrazine groups is 1. The summed E-state index contributed by atoms with van der Waals surface area (Å²) in [6.45, 7) is 0. The Hall–Kier alpha value is -0.940. The van der Waals surface area contributed by atoms with Crippen molar-refractivity contribution < 1.29 is 0 Å². The van der Waals surface area contributed by atoms with Crippen LogP contribution in [0.5, 0.6) is 0 Å². The van der Waals surface area contributed by atoms with Crippen LogP contribution in [0.2, 0.25) is 0 Å². The normalized spacial score (nSPS) is 19.3. The first-order valence-electron chi connectivity index (χ1n) is 5.12. The summed E-state index contributed by atoms with van der Waals surface area (Å²) in [7, 11) is 1.90. The summed E-state index contributed by atoms with van der Waals surface area (Å²) in [6.07, 6.45) is 6.92. The van der Waals surface area contributed by atoms with Crippen LogP contribution in [0, 0.1) is 5.92 Å². The molecule has 5 nitrogen and oxygen atoms in total. The minimum absolute atomic E-state index is 0.195. The zero-order valence-corrected chi connectivity index (χ0v) is 8.48. The van der Waals surface area contributed by atoms with Crippen molar-refractivity contribution in [2.24, 2.45) is 18.8 Å². The molecule has 1 fully saturated rings. The molecular formula is C9H17N5. The molecule has 1 aliphatic carbocycles. The third-order valence-electron chi connectivity index (χ3n) is 3.10. The second-order valence-corrected chi connectivity index (χ2v) is 4.03. The van der Waals surface area contributed by atoms with Crippen LogP contribution >= 0.6 is 0 Å². The van der Waals surface area contributed by atoms with E-state index in [1.54, 1.807) is 10.9 Å². The summed E-state index contributed by atoms with van der Waals surface area (Å²) in [5, 5.41) is 7.77. The molecule has 1 atom stereocenters. The molecule has 0 bridgehead atoms. The Labute approximate surface area is 83.6 Å². The van der Waals surface area contributed by atoms with Crippen molar-refractivity contribution in [2.45, 2.75) is 31.7 Å². The minimum Gasteiger partial charge on any atom is -0.271 e. The molecule has 0 amide bonds. The molecule has 2 rings (SSSR count). The Morgan fingerprint density at radius 3 is 2.93 bits per heavy atom. The predicted molar refractivity (Wildman–Crippen MR) is 53.0 cm³/mol. The van der Waals surface area contributed by atoms with Gasteiger partial charge in [0.1, 0.15) is 0 Å². The Morgan fingerprint density at radius 2 is 2.50 bits per heavy atom. The molecule has 0 aliphatic heterocycles. The SMILES string of the molecule is Cn1nncc1C(CC1CCC1)NN. The zero-order valence-electron chi connectivity index (χ0n) is 8.48. The number of nitrogens with zero attached hydrogens (tertiary/aromatic N) is 3. The molecule has 0 spiro atoms. The number of hydrogen-bond donors (Lipinski definition) is 2. The number of aryl methyl sites for hydroxylation is 1. The summed E-state index contributed by atoms with van der Waals surface area (Å²) in [5.74, 6) is 6.37. The number of aromatic nitrogens is 3. The van der Waals surface area contributed by atoms with Gasteiger partial charge in [-0.25, -0.2) is 0 Å². The van der Waals surface area contributed by atoms with Gasteiger partial charge in [0.25, 0.3) is 0 Å². The highest BCUT2D eigenvalue weighted by Crippen LogP contribution is 2.33. The number of nitrogens with one attached hydrogen (secondary N) is 1. The lowest BCUT2D eigenvalue weighted by Crippen LogP contribution is -2.32. The second-order valence-electron chi connectivity index (χ2n) is 4.03. The van der Waals surface area contributed by atoms with E-state index in [1.807, 2.05) is 7.05 Å². The predicted octanol–water partition coefficient (Wildman–Crippen LogP) is 0.510. The summed E-state index contributed by atoms with van der Waals surface area (Å²) >= 11 is 0. The van der Waals surface area contributed by atoms with Gasteiger partial charge in [0, 0.05) is 7.05 Å². The van der Waals surface area contributed by atoms with E-state index in [9.17, 15) is 0 Å². The lowest BCUT2D eigenvalue weighted by molar-refractivity contribution is 0.257. The average molecular weight is 195 g/mol. The van der Waals surface area contributed by atoms with E-state index in [1.165, 1.54) is 19.3 Å². The van der Waals surface area contributed by atoms with Gasteiger partial charge in [0.15, 0.2) is 0 Å². The number of rotatable bonds is 4. The monoisotopic (exact) mass is 195 g/mol. The van der Waals surface area contributed by atoms with Crippen molar-refractivity contribution in [3.8, 4) is 0 Å². The fourth-order valence-electron chi connectivity index (χ4n) is 1.95. The lowest BCUT2D eigenvalue weighted by Gasteiger charge is -2.29. The van der Waals surface area contributed by atoms with Crippen molar-refractivity contribution in [1.29, 1.82) is 0 Å². The largest absolute Gasteiger partial charge is 0.271 e. The van der Waals surface area contributed by atoms with Gasteiger partial charge >= 0.3 is 0 Å². The zero-order chi connectivity index (χ0) is 9.97. The fourth-order valence-corrected chi connectivity index (χ4v) is 1.95. The summed E-state index contributed by atoms with van der Waals surface area (Å²) in [6, 6.07) is 0.195. The van der Waals surface area contributed by atoms with E-state index in [-0.39, 0.29) is 6.04 Å². The number of nitrogens with two attached hydrogens (primary N) is 1. The van der Waals surface area contributed by atoms with Crippen molar-refractivity contribution in [2.75, 3.05) is 0 Å². The Balaban J connectivity index is 2.01. The van der Waals surface area contributed by atoms with Crippen molar-refractivity contribution >= 4 is 0 Å². The fraction of sp³-hybridized carbons (Fsp3) is 0.778. The van der Waals surface area contributed by atoms with E-state index >= 15 is 0 Å². The van der Waals surface area contributed by atoms with E-state index in [0.717, 1.165) is 18.0 Å². The van der Waals surface area contributed by atoms with Crippen molar-refractivity contribution in [3.05, 3.63) is 11.9 Å². The van der Waals surface area contributed by atoms with Crippen LogP contribution in [0.1, 0.15) is 37.4 Å². The highest BCUT2D eigenvalue weighted by atomic mass is 15.4. The summed E-state index contributed by atoms with van der Waals surface area (Å²) in [5.41, 5.74) is 3.91. The van der Waals surface area contributed by atoms with Crippen LogP contribution in [-0.2, 0) is 7.05 Å². The summed E-state index contributed by atoms with van der Waals surface area (Å²) in [4.78, 5) is 0. The first-order valence-corrected chi connectivity index (χ1v) is 5.12. The number of hydrogen-bond acceptors (Lipinski definition) is 4. The molecule has 1 saturated carbocycles. The van der Waals surface area contributed by atoms with Crippen molar-refractivity contribution in [1.82, 2.24) is 20.4 Å². The molecule has 3 N–H and O–H groups in total. The van der Waals surface area contributed by atoms with E-state index in [4.69, 9.17) is 5.84 Å². The highest BCUT2D eigenvalue weighted by Gasteiger charge is 2.24. The molecule has 1 unspecified atom stereocenters. The highest BCUT2D eigenvalue weighted by molar-refractivity contribution is 5.02. The van der Waals surface area contributed by atoms with E-state index < -0.39 is 0 Å². The van der Waals surface area contributed by atoms with Gasteiger partial charge in [0.2, 0.25) is 0 Å². The van der Waals surface area contributed by atoms with Crippen LogP contribution in [0.4, 0.5) is 0 Å². The van der Waals surface area contributed by atoms with E-state index in [2.05, 4.69) is 15.7 Å². The molecule has 78 valence electrons. The quantitative estimate of drug-likeness (QED) is 0.542. The standard InChI is InChI=1S/C9H17N5/c1-14-9(6-11-13-14)8(12-10)5-7-3-2-4-7/h6-8,12H,2-5,10H2,1H3. The van der Waals surface area contributed by atoms with Gasteiger partial charge in [-0.3, -0.25) is 16.0 Å². The van der Waals surface area contributed by atoms with Crippen LogP contribution < -0.4 is 11.3 Å². The van der Waals surface area contributed by atoms with Gasteiger partial charge < -0.3 is 0 Å². The van der Waals surface area contributed by atoms with Gasteiger partial charge in [-0.15, -0.1) is 5.10 Å². The molecule has 0 radical (unpaired) electrons. The third kappa shape index (κ3) is 1.78. The van der Waals surface area contributed by atoms with Gasteiger partial charge in [0.05, 0.1) is 17.9 Å². The van der Waals surface area contributed by atoms with Crippen LogP contribution in [0.3, 0.4) is 0 Å². The van der Waals surface area contributed by atoms with E-state index in [0.29, 0.717) is 0 Å². The first kappa shape index (κ1) is 9.61. The molecule has 1 aliphatic rings. The van der Waals surface area contributed by atoms with Crippen LogP contribution in [-0.4, -0.2) is 15.0 Å². The van der Waals surface area contributed by atoms with Gasteiger partial charge in [-0.1, -0.05) is 24.5 Å². The maximum Gasteiger partial charge on any atom is 0.0766 e. The Morgan fingerprint density at radius 1 is 1.71 bits per heavy atom. The van der Waals surface area contributed by atoms with Crippen LogP contribution in [0.15, 0.2) is 6.20 Å². The average Bonchev–Trinajstić information content (AvgIpc) is 2.51. The molecule has 1 aromatic heterocycles. The Bertz CT molecular complexity index is 291. The molecule has 1 aromatic rings. The Kier molecular flexibility index (Phi) is 2.79. The van der Waals surface area contributed by atoms with Crippen molar-refractivity contribution in [3.63, 3.8) is 0 Å². The minimum atomic E-state index is 0.195. The third-order valence-corrected chi connectivity index (χ3v) is 3.10. The second kappa shape index (κ2) is 4.06. The topological polar surface area (TPSA) is 68.8 Å². The molecule has 1 heterocycles. The van der Waals surface area contributed by atoms with Gasteiger partial charge in [-0.05, 0) is 12.3 Å². The molecule has 0 aromatic carbocycles. The molecule has 0 saturated heterocycles. The lowest BCUT2D eigenvalue weighted by atomic mass is 9.80. The molecule has 5 heteroatoms. The van der Waals surface area contributed by atoms with Gasteiger partial charge in [-0.2, -0.15) is 0 Å². The molecule has 14 heavy (non-hydrogen) atoms. The maximum absolute atomic E-state index is 5.54. The first-order chi connectivity index (χ1) is 6.81. The maximum atomic E-state index is 5.54. The smallest absolute Gasteiger partial charge is 0.0766 e. The van der Waals surface area contributed by atoms with Crippen LogP contribution in [0.25, 0.3) is 0 Å². The molecular weight excluding hydrogens is 178 g/mol. The summed E-state index contributed by atoms with van der Waals surface area (Å²) < 4.78 is 1.78.